The molecule has 1 aliphatic heterocycles. The summed E-state index contributed by atoms with van der Waals surface area (Å²) in [6, 6.07) is 7.37. The van der Waals surface area contributed by atoms with Crippen molar-refractivity contribution >= 4 is 11.7 Å². The molecule has 0 saturated carbocycles. The molecule has 1 aromatic carbocycles. The molecule has 5 heteroatoms. The average molecular weight is 249 g/mol. The van der Waals surface area contributed by atoms with Gasteiger partial charge in [-0.2, -0.15) is 0 Å². The number of carbonyl (C=O) groups is 1. The number of likely N-dealkylation sites (N-methyl/N-ethyl adjacent to an activating group) is 1. The largest absolute Gasteiger partial charge is 0.497 e. The van der Waals surface area contributed by atoms with Crippen LogP contribution in [0.15, 0.2) is 24.3 Å². The van der Waals surface area contributed by atoms with Crippen LogP contribution in [0.4, 0.5) is 10.5 Å². The van der Waals surface area contributed by atoms with E-state index in [1.807, 2.05) is 24.3 Å². The molecule has 98 valence electrons. The minimum Gasteiger partial charge on any atom is -0.497 e. The lowest BCUT2D eigenvalue weighted by molar-refractivity contribution is 0.248. The van der Waals surface area contributed by atoms with E-state index in [-0.39, 0.29) is 12.1 Å². The Morgan fingerprint density at radius 1 is 1.39 bits per heavy atom. The van der Waals surface area contributed by atoms with Crippen molar-refractivity contribution < 1.29 is 9.53 Å². The van der Waals surface area contributed by atoms with Crippen LogP contribution in [0.5, 0.6) is 5.75 Å². The normalized spacial score (nSPS) is 19.6. The molecule has 1 aliphatic rings. The summed E-state index contributed by atoms with van der Waals surface area (Å²) in [5.41, 5.74) is 0.764. The van der Waals surface area contributed by atoms with Crippen LogP contribution in [-0.4, -0.2) is 44.2 Å². The standard InChI is InChI=1S/C13H19N3O2/c1-16-8-7-11(9-16)15-13(17)14-10-3-5-12(18-2)6-4-10/h3-6,11H,7-9H2,1-2H3,(H2,14,15,17)/t11-/m0/s1. The summed E-state index contributed by atoms with van der Waals surface area (Å²) < 4.78 is 5.06. The number of anilines is 1. The van der Waals surface area contributed by atoms with Crippen LogP contribution in [0.1, 0.15) is 6.42 Å². The third-order valence-corrected chi connectivity index (χ3v) is 3.07. The van der Waals surface area contributed by atoms with E-state index in [1.54, 1.807) is 7.11 Å². The fourth-order valence-electron chi connectivity index (χ4n) is 2.08. The number of rotatable bonds is 3. The number of likely N-dealkylation sites (tertiary alicyclic amines) is 1. The lowest BCUT2D eigenvalue weighted by Crippen LogP contribution is -2.39. The van der Waals surface area contributed by atoms with Gasteiger partial charge in [0.15, 0.2) is 0 Å². The predicted molar refractivity (Wildman–Crippen MR) is 71.1 cm³/mol. The molecule has 0 aromatic heterocycles. The quantitative estimate of drug-likeness (QED) is 0.854. The molecular weight excluding hydrogens is 230 g/mol. The lowest BCUT2D eigenvalue weighted by atomic mass is 10.2. The molecule has 2 rings (SSSR count). The van der Waals surface area contributed by atoms with Gasteiger partial charge in [0, 0.05) is 18.3 Å². The molecule has 0 radical (unpaired) electrons. The number of urea groups is 1. The van der Waals surface area contributed by atoms with Crippen LogP contribution in [0.25, 0.3) is 0 Å². The topological polar surface area (TPSA) is 53.6 Å². The molecule has 0 aliphatic carbocycles. The highest BCUT2D eigenvalue weighted by Crippen LogP contribution is 2.15. The third kappa shape index (κ3) is 3.37. The zero-order valence-electron chi connectivity index (χ0n) is 10.8. The van der Waals surface area contributed by atoms with Gasteiger partial charge in [0.1, 0.15) is 5.75 Å². The van der Waals surface area contributed by atoms with Crippen molar-refractivity contribution in [3.8, 4) is 5.75 Å². The first-order valence-electron chi connectivity index (χ1n) is 6.07. The Hall–Kier alpha value is -1.75. The maximum absolute atomic E-state index is 11.8. The van der Waals surface area contributed by atoms with E-state index in [2.05, 4.69) is 22.6 Å². The van der Waals surface area contributed by atoms with Gasteiger partial charge in [-0.15, -0.1) is 0 Å². The zero-order valence-corrected chi connectivity index (χ0v) is 10.8. The van der Waals surface area contributed by atoms with E-state index in [4.69, 9.17) is 4.74 Å². The Morgan fingerprint density at radius 3 is 2.67 bits per heavy atom. The minimum atomic E-state index is -0.152. The first kappa shape index (κ1) is 12.7. The summed E-state index contributed by atoms with van der Waals surface area (Å²) in [7, 11) is 3.68. The minimum absolute atomic E-state index is 0.152. The summed E-state index contributed by atoms with van der Waals surface area (Å²) in [6.45, 7) is 1.95. The van der Waals surface area contributed by atoms with Crippen molar-refractivity contribution in [2.45, 2.75) is 12.5 Å². The number of benzene rings is 1. The first-order valence-corrected chi connectivity index (χ1v) is 6.07. The fourth-order valence-corrected chi connectivity index (χ4v) is 2.08. The van der Waals surface area contributed by atoms with E-state index < -0.39 is 0 Å². The molecule has 5 nitrogen and oxygen atoms in total. The highest BCUT2D eigenvalue weighted by Gasteiger charge is 2.20. The van der Waals surface area contributed by atoms with Gasteiger partial charge in [-0.25, -0.2) is 4.79 Å². The van der Waals surface area contributed by atoms with Crippen molar-refractivity contribution in [2.75, 3.05) is 32.6 Å². The maximum Gasteiger partial charge on any atom is 0.319 e. The molecule has 2 amide bonds. The van der Waals surface area contributed by atoms with E-state index in [0.29, 0.717) is 0 Å². The molecule has 1 fully saturated rings. The van der Waals surface area contributed by atoms with Gasteiger partial charge < -0.3 is 20.3 Å². The van der Waals surface area contributed by atoms with E-state index >= 15 is 0 Å². The number of hydrogen-bond acceptors (Lipinski definition) is 3. The van der Waals surface area contributed by atoms with Crippen molar-refractivity contribution in [1.82, 2.24) is 10.2 Å². The molecule has 1 saturated heterocycles. The summed E-state index contributed by atoms with van der Waals surface area (Å²) in [6.07, 6.45) is 1.01. The molecule has 1 heterocycles. The molecular formula is C13H19N3O2. The smallest absolute Gasteiger partial charge is 0.319 e. The molecule has 18 heavy (non-hydrogen) atoms. The van der Waals surface area contributed by atoms with Crippen LogP contribution in [0, 0.1) is 0 Å². The van der Waals surface area contributed by atoms with Crippen molar-refractivity contribution in [2.24, 2.45) is 0 Å². The van der Waals surface area contributed by atoms with Gasteiger partial charge in [-0.3, -0.25) is 0 Å². The number of hydrogen-bond donors (Lipinski definition) is 2. The Labute approximate surface area is 107 Å². The van der Waals surface area contributed by atoms with Gasteiger partial charge >= 0.3 is 6.03 Å². The Balaban J connectivity index is 1.83. The van der Waals surface area contributed by atoms with Gasteiger partial charge in [0.05, 0.1) is 7.11 Å². The van der Waals surface area contributed by atoms with Crippen LogP contribution in [0.2, 0.25) is 0 Å². The van der Waals surface area contributed by atoms with E-state index in [0.717, 1.165) is 30.9 Å². The highest BCUT2D eigenvalue weighted by atomic mass is 16.5. The van der Waals surface area contributed by atoms with Gasteiger partial charge in [-0.05, 0) is 44.3 Å². The predicted octanol–water partition coefficient (Wildman–Crippen LogP) is 1.52. The number of carbonyl (C=O) groups excluding carboxylic acids is 1. The average Bonchev–Trinajstić information content (AvgIpc) is 2.75. The molecule has 0 bridgehead atoms. The molecule has 1 atom stereocenters. The number of nitrogens with zero attached hydrogens (tertiary/aromatic N) is 1. The summed E-state index contributed by atoms with van der Waals surface area (Å²) in [5.74, 6) is 0.776. The fraction of sp³-hybridized carbons (Fsp3) is 0.462. The molecule has 0 spiro atoms. The molecule has 0 unspecified atom stereocenters. The number of amides is 2. The van der Waals surface area contributed by atoms with Crippen LogP contribution in [0.3, 0.4) is 0 Å². The Morgan fingerprint density at radius 2 is 2.11 bits per heavy atom. The monoisotopic (exact) mass is 249 g/mol. The highest BCUT2D eigenvalue weighted by molar-refractivity contribution is 5.89. The van der Waals surface area contributed by atoms with Crippen molar-refractivity contribution in [3.63, 3.8) is 0 Å². The Bertz CT molecular complexity index is 405. The SMILES string of the molecule is COc1ccc(NC(=O)N[C@H]2CCN(C)C2)cc1. The number of methoxy groups -OCH3 is 1. The van der Waals surface area contributed by atoms with Crippen LogP contribution in [-0.2, 0) is 0 Å². The van der Waals surface area contributed by atoms with Gasteiger partial charge in [-0.1, -0.05) is 0 Å². The van der Waals surface area contributed by atoms with E-state index in [9.17, 15) is 4.79 Å². The van der Waals surface area contributed by atoms with Crippen LogP contribution >= 0.6 is 0 Å². The van der Waals surface area contributed by atoms with Crippen LogP contribution < -0.4 is 15.4 Å². The second-order valence-corrected chi connectivity index (χ2v) is 4.57. The second kappa shape index (κ2) is 5.73. The van der Waals surface area contributed by atoms with Crippen molar-refractivity contribution in [3.05, 3.63) is 24.3 Å². The van der Waals surface area contributed by atoms with Gasteiger partial charge in [0.2, 0.25) is 0 Å². The second-order valence-electron chi connectivity index (χ2n) is 4.57. The maximum atomic E-state index is 11.8. The summed E-state index contributed by atoms with van der Waals surface area (Å²) in [5, 5.41) is 5.77. The first-order chi connectivity index (χ1) is 8.67. The van der Waals surface area contributed by atoms with E-state index in [1.165, 1.54) is 0 Å². The van der Waals surface area contributed by atoms with Crippen molar-refractivity contribution in [1.29, 1.82) is 0 Å². The lowest BCUT2D eigenvalue weighted by Gasteiger charge is -2.13. The summed E-state index contributed by atoms with van der Waals surface area (Å²) in [4.78, 5) is 14.0. The number of nitrogens with one attached hydrogen (secondary N) is 2. The Kier molecular flexibility index (Phi) is 4.04. The summed E-state index contributed by atoms with van der Waals surface area (Å²) >= 11 is 0. The third-order valence-electron chi connectivity index (χ3n) is 3.07. The zero-order chi connectivity index (χ0) is 13.0. The molecule has 1 aromatic rings. The molecule has 2 N–H and O–H groups in total. The number of ether oxygens (including phenoxy) is 1. The van der Waals surface area contributed by atoms with Gasteiger partial charge in [0.25, 0.3) is 0 Å².